The van der Waals surface area contributed by atoms with E-state index in [0.29, 0.717) is 24.3 Å². The van der Waals surface area contributed by atoms with Gasteiger partial charge in [0.2, 0.25) is 0 Å². The molecule has 1 aliphatic heterocycles. The average Bonchev–Trinajstić information content (AvgIpc) is 2.77. The summed E-state index contributed by atoms with van der Waals surface area (Å²) in [6.07, 6.45) is -0.149. The molecule has 0 bridgehead atoms. The number of benzene rings is 2. The molecule has 0 spiro atoms. The van der Waals surface area contributed by atoms with Crippen LogP contribution in [0.15, 0.2) is 48.5 Å². The number of nitrogens with zero attached hydrogens (tertiary/aromatic N) is 2. The number of carbonyl (C=O) groups is 2. The molecule has 0 aliphatic carbocycles. The first-order valence-electron chi connectivity index (χ1n) is 10.00. The smallest absolute Gasteiger partial charge is 0.253 e. The number of ether oxygens (including phenoxy) is 2. The highest BCUT2D eigenvalue weighted by atomic mass is 16.5. The van der Waals surface area contributed by atoms with Crippen molar-refractivity contribution < 1.29 is 19.1 Å². The van der Waals surface area contributed by atoms with E-state index >= 15 is 0 Å². The molecule has 0 radical (unpaired) electrons. The molecule has 1 unspecified atom stereocenters. The van der Waals surface area contributed by atoms with Crippen LogP contribution in [0.25, 0.3) is 0 Å². The van der Waals surface area contributed by atoms with Crippen LogP contribution in [-0.2, 0) is 9.53 Å². The van der Waals surface area contributed by atoms with Gasteiger partial charge in [0, 0.05) is 37.9 Å². The minimum Gasteiger partial charge on any atom is -0.497 e. The molecule has 3 rings (SSSR count). The third kappa shape index (κ3) is 5.17. The van der Waals surface area contributed by atoms with Crippen molar-refractivity contribution >= 4 is 17.5 Å². The first-order chi connectivity index (χ1) is 14.4. The lowest BCUT2D eigenvalue weighted by Crippen LogP contribution is -2.50. The van der Waals surface area contributed by atoms with Gasteiger partial charge in [-0.25, -0.2) is 0 Å². The van der Waals surface area contributed by atoms with Crippen LogP contribution in [0.2, 0.25) is 0 Å². The van der Waals surface area contributed by atoms with Crippen LogP contribution in [0.3, 0.4) is 0 Å². The van der Waals surface area contributed by atoms with Crippen molar-refractivity contribution in [1.82, 2.24) is 10.2 Å². The molecule has 160 valence electrons. The molecule has 7 heteroatoms. The summed E-state index contributed by atoms with van der Waals surface area (Å²) in [4.78, 5) is 27.9. The van der Waals surface area contributed by atoms with Gasteiger partial charge in [-0.1, -0.05) is 18.2 Å². The van der Waals surface area contributed by atoms with E-state index in [-0.39, 0.29) is 30.6 Å². The fourth-order valence-electron chi connectivity index (χ4n) is 3.40. The molecular formula is C23H29N3O4. The van der Waals surface area contributed by atoms with Crippen LogP contribution >= 0.6 is 0 Å². The summed E-state index contributed by atoms with van der Waals surface area (Å²) in [6, 6.07) is 15.2. The second-order valence-electron chi connectivity index (χ2n) is 7.59. The molecule has 2 atom stereocenters. The maximum atomic E-state index is 12.5. The monoisotopic (exact) mass is 411 g/mol. The van der Waals surface area contributed by atoms with Crippen LogP contribution in [0, 0.1) is 0 Å². The molecule has 0 aromatic heterocycles. The van der Waals surface area contributed by atoms with Gasteiger partial charge in [-0.2, -0.15) is 0 Å². The molecule has 0 saturated carbocycles. The molecule has 1 N–H and O–H groups in total. The van der Waals surface area contributed by atoms with Gasteiger partial charge in [0.05, 0.1) is 19.8 Å². The van der Waals surface area contributed by atoms with E-state index in [2.05, 4.69) is 12.2 Å². The Morgan fingerprint density at radius 2 is 2.03 bits per heavy atom. The van der Waals surface area contributed by atoms with Gasteiger partial charge in [0.15, 0.2) is 0 Å². The standard InChI is InChI=1S/C23H29N3O4/c1-16(17-7-6-10-20(12-17)29-4)24-13-21-14-26(22(27)15-30-21)19-9-5-8-18(11-19)23(28)25(2)3/h5-12,16,21,24H,13-15H2,1-4H3/t16-,21?/m1/s1. The molecule has 2 aromatic rings. The predicted molar refractivity (Wildman–Crippen MR) is 116 cm³/mol. The number of amides is 2. The Kier molecular flexibility index (Phi) is 7.07. The predicted octanol–water partition coefficient (Wildman–Crippen LogP) is 2.48. The van der Waals surface area contributed by atoms with Gasteiger partial charge in [-0.05, 0) is 42.8 Å². The van der Waals surface area contributed by atoms with E-state index in [4.69, 9.17) is 9.47 Å². The number of hydrogen-bond donors (Lipinski definition) is 1. The molecule has 1 aliphatic rings. The Bertz CT molecular complexity index is 900. The third-order valence-corrected chi connectivity index (χ3v) is 5.19. The van der Waals surface area contributed by atoms with Gasteiger partial charge in [-0.3, -0.25) is 9.59 Å². The van der Waals surface area contributed by atoms with Crippen molar-refractivity contribution in [2.24, 2.45) is 0 Å². The molecule has 1 saturated heterocycles. The van der Waals surface area contributed by atoms with Crippen LogP contribution < -0.4 is 15.0 Å². The van der Waals surface area contributed by atoms with Crippen molar-refractivity contribution in [3.63, 3.8) is 0 Å². The molecule has 2 amide bonds. The summed E-state index contributed by atoms with van der Waals surface area (Å²) in [5.74, 6) is 0.614. The fraction of sp³-hybridized carbons (Fsp3) is 0.391. The van der Waals surface area contributed by atoms with Gasteiger partial charge in [0.1, 0.15) is 12.4 Å². The fourth-order valence-corrected chi connectivity index (χ4v) is 3.40. The van der Waals surface area contributed by atoms with Crippen LogP contribution in [0.5, 0.6) is 5.75 Å². The first-order valence-corrected chi connectivity index (χ1v) is 10.00. The molecule has 1 heterocycles. The number of morpholine rings is 1. The van der Waals surface area contributed by atoms with Crippen LogP contribution in [0.1, 0.15) is 28.9 Å². The third-order valence-electron chi connectivity index (χ3n) is 5.19. The molecule has 7 nitrogen and oxygen atoms in total. The summed E-state index contributed by atoms with van der Waals surface area (Å²) in [5.41, 5.74) is 2.38. The van der Waals surface area contributed by atoms with E-state index in [0.717, 1.165) is 11.3 Å². The summed E-state index contributed by atoms with van der Waals surface area (Å²) >= 11 is 0. The lowest BCUT2D eigenvalue weighted by Gasteiger charge is -2.33. The van der Waals surface area contributed by atoms with Crippen LogP contribution in [-0.4, -0.2) is 63.7 Å². The Hall–Kier alpha value is -2.90. The van der Waals surface area contributed by atoms with E-state index in [1.807, 2.05) is 30.3 Å². The number of methoxy groups -OCH3 is 1. The Morgan fingerprint density at radius 3 is 2.77 bits per heavy atom. The van der Waals surface area contributed by atoms with E-state index in [9.17, 15) is 9.59 Å². The molecular weight excluding hydrogens is 382 g/mol. The summed E-state index contributed by atoms with van der Waals surface area (Å²) in [6.45, 7) is 3.12. The minimum absolute atomic E-state index is 0.0196. The summed E-state index contributed by atoms with van der Waals surface area (Å²) in [7, 11) is 5.07. The molecule has 2 aromatic carbocycles. The minimum atomic E-state index is -0.149. The van der Waals surface area contributed by atoms with Crippen molar-refractivity contribution in [1.29, 1.82) is 0 Å². The normalized spacial score (nSPS) is 17.5. The molecule has 1 fully saturated rings. The first kappa shape index (κ1) is 21.8. The second kappa shape index (κ2) is 9.73. The highest BCUT2D eigenvalue weighted by Crippen LogP contribution is 2.22. The number of hydrogen-bond acceptors (Lipinski definition) is 5. The summed E-state index contributed by atoms with van der Waals surface area (Å²) < 4.78 is 11.0. The van der Waals surface area contributed by atoms with E-state index in [1.165, 1.54) is 4.90 Å². The van der Waals surface area contributed by atoms with Gasteiger partial charge in [0.25, 0.3) is 11.8 Å². The maximum absolute atomic E-state index is 12.5. The zero-order valence-electron chi connectivity index (χ0n) is 17.9. The van der Waals surface area contributed by atoms with Crippen LogP contribution in [0.4, 0.5) is 5.69 Å². The van der Waals surface area contributed by atoms with Crippen molar-refractivity contribution in [3.05, 3.63) is 59.7 Å². The number of anilines is 1. The van der Waals surface area contributed by atoms with Gasteiger partial charge >= 0.3 is 0 Å². The highest BCUT2D eigenvalue weighted by molar-refractivity contribution is 5.98. The lowest BCUT2D eigenvalue weighted by molar-refractivity contribution is -0.129. The summed E-state index contributed by atoms with van der Waals surface area (Å²) in [5, 5.41) is 3.47. The Labute approximate surface area is 177 Å². The van der Waals surface area contributed by atoms with Gasteiger partial charge in [-0.15, -0.1) is 0 Å². The van der Waals surface area contributed by atoms with E-state index in [1.54, 1.807) is 44.3 Å². The quantitative estimate of drug-likeness (QED) is 0.758. The van der Waals surface area contributed by atoms with Crippen molar-refractivity contribution in [3.8, 4) is 5.75 Å². The zero-order valence-corrected chi connectivity index (χ0v) is 17.9. The number of rotatable bonds is 7. The van der Waals surface area contributed by atoms with E-state index < -0.39 is 0 Å². The number of carbonyl (C=O) groups excluding carboxylic acids is 2. The van der Waals surface area contributed by atoms with Gasteiger partial charge < -0.3 is 24.6 Å². The Morgan fingerprint density at radius 1 is 1.27 bits per heavy atom. The SMILES string of the molecule is COc1cccc([C@@H](C)NCC2CN(c3cccc(C(=O)N(C)C)c3)C(=O)CO2)c1. The van der Waals surface area contributed by atoms with Crippen molar-refractivity contribution in [2.45, 2.75) is 19.1 Å². The maximum Gasteiger partial charge on any atom is 0.253 e. The number of nitrogens with one attached hydrogen (secondary N) is 1. The topological polar surface area (TPSA) is 71.1 Å². The highest BCUT2D eigenvalue weighted by Gasteiger charge is 2.28. The largest absolute Gasteiger partial charge is 0.497 e. The van der Waals surface area contributed by atoms with Crippen molar-refractivity contribution in [2.75, 3.05) is 45.8 Å². The lowest BCUT2D eigenvalue weighted by atomic mass is 10.1. The molecule has 30 heavy (non-hydrogen) atoms. The average molecular weight is 412 g/mol. The Balaban J connectivity index is 1.65. The second-order valence-corrected chi connectivity index (χ2v) is 7.59. The zero-order chi connectivity index (χ0) is 21.7.